The fourth-order valence-corrected chi connectivity index (χ4v) is 12.9. The minimum absolute atomic E-state index is 0.152. The number of ether oxygens (including phenoxy) is 5. The fraction of sp³-hybridized carbons (Fsp3) is 0.261. The third-order valence-corrected chi connectivity index (χ3v) is 19.1. The van der Waals surface area contributed by atoms with E-state index in [0.717, 1.165) is 120 Å². The lowest BCUT2D eigenvalue weighted by Crippen LogP contribution is -2.27. The topological polar surface area (TPSA) is 82.6 Å². The molecule has 11 rings (SSSR count). The number of hydrogen-bond acceptors (Lipinski definition) is 11. The number of aliphatic hydroxyl groups is 1. The Hall–Kier alpha value is -11.9. The molecule has 1 saturated carbocycles. The molecule has 11 nitrogen and oxygen atoms in total. The van der Waals surface area contributed by atoms with Crippen LogP contribution in [0.25, 0.3) is 30.4 Å². The zero-order valence-corrected chi connectivity index (χ0v) is 72.8. The summed E-state index contributed by atoms with van der Waals surface area (Å²) in [5.74, 6) is 5.05. The first kappa shape index (κ1) is 97.2. The van der Waals surface area contributed by atoms with Gasteiger partial charge in [-0.1, -0.05) is 370 Å². The summed E-state index contributed by atoms with van der Waals surface area (Å²) in [5, 5.41) is 9.28. The molecular formula is C111H133N5O6. The first-order valence-electron chi connectivity index (χ1n) is 43.0. The van der Waals surface area contributed by atoms with Crippen molar-refractivity contribution >= 4 is 30.4 Å². The molecule has 0 unspecified atom stereocenters. The first-order valence-corrected chi connectivity index (χ1v) is 43.0. The molecule has 0 bridgehead atoms. The van der Waals surface area contributed by atoms with Crippen LogP contribution in [0.3, 0.4) is 0 Å². The molecule has 0 aromatic heterocycles. The third kappa shape index (κ3) is 43.4. The highest BCUT2D eigenvalue weighted by Gasteiger charge is 2.28. The van der Waals surface area contributed by atoms with Gasteiger partial charge in [-0.15, -0.1) is 6.58 Å². The van der Waals surface area contributed by atoms with Crippen LogP contribution in [-0.4, -0.2) is 134 Å². The van der Waals surface area contributed by atoms with Crippen LogP contribution in [0.4, 0.5) is 0 Å². The SMILES string of the molecule is C=CCOc1ccc(CN(C/C=C/c2ccccc2)C2CC2)cc1.C=CCOc1ccc(CN(C/C=C/c2ccccc2)CC(C)C)cc1.C=CCOc1ccc(CN(C/C=C/c2ccccc2)CCCC)cc1.C=CCOc1ccc(CN(C/C=C/c2ccccc2)CCO)cc1.C=CCOc1ccc(CN(CC=C)C/C=C/c2ccccc2)cc1. The molecule has 11 heteroatoms. The van der Waals surface area contributed by atoms with Crippen molar-refractivity contribution in [2.75, 3.05) is 98.5 Å². The van der Waals surface area contributed by atoms with E-state index in [9.17, 15) is 5.11 Å². The number of rotatable bonds is 50. The number of aliphatic hydroxyl groups excluding tert-OH is 1. The predicted octanol–water partition coefficient (Wildman–Crippen LogP) is 24.6. The Balaban J connectivity index is 0.000000210. The van der Waals surface area contributed by atoms with Gasteiger partial charge in [0.1, 0.15) is 61.8 Å². The van der Waals surface area contributed by atoms with Crippen LogP contribution in [0.15, 0.2) is 379 Å². The maximum atomic E-state index is 9.28. The maximum absolute atomic E-state index is 9.28. The van der Waals surface area contributed by atoms with Gasteiger partial charge in [0.2, 0.25) is 0 Å². The molecule has 0 saturated heterocycles. The van der Waals surface area contributed by atoms with Gasteiger partial charge in [-0.3, -0.25) is 24.5 Å². The molecule has 1 aliphatic rings. The molecule has 1 N–H and O–H groups in total. The molecule has 0 heterocycles. The van der Waals surface area contributed by atoms with Gasteiger partial charge in [-0.05, 0) is 148 Å². The molecule has 1 fully saturated rings. The molecule has 0 aliphatic heterocycles. The van der Waals surface area contributed by atoms with E-state index < -0.39 is 0 Å². The molecule has 0 amide bonds. The molecule has 0 atom stereocenters. The van der Waals surface area contributed by atoms with Gasteiger partial charge >= 0.3 is 0 Å². The van der Waals surface area contributed by atoms with Crippen LogP contribution in [0.2, 0.25) is 0 Å². The highest BCUT2D eigenvalue weighted by molar-refractivity contribution is 5.52. The predicted molar refractivity (Wildman–Crippen MR) is 520 cm³/mol. The minimum atomic E-state index is 0.152. The van der Waals surface area contributed by atoms with E-state index in [2.05, 4.69) is 321 Å². The molecule has 638 valence electrons. The second kappa shape index (κ2) is 61.4. The largest absolute Gasteiger partial charge is 0.490 e. The third-order valence-electron chi connectivity index (χ3n) is 19.1. The maximum Gasteiger partial charge on any atom is 0.119 e. The van der Waals surface area contributed by atoms with Gasteiger partial charge in [0.25, 0.3) is 0 Å². The lowest BCUT2D eigenvalue weighted by molar-refractivity contribution is 0.203. The molecule has 0 radical (unpaired) electrons. The summed E-state index contributed by atoms with van der Waals surface area (Å²) < 4.78 is 27.7. The van der Waals surface area contributed by atoms with Crippen LogP contribution >= 0.6 is 0 Å². The Morgan fingerprint density at radius 2 is 0.574 bits per heavy atom. The zero-order valence-electron chi connectivity index (χ0n) is 72.8. The monoisotopic (exact) mass is 1630 g/mol. The standard InChI is InChI=1S/2C23H29NO.2C22H25NO.C21H25NO2/c1-4-17-25-23-14-12-22(13-15-23)19-24(18-20(2)3)16-8-11-21-9-6-5-7-10-21;1-3-5-17-24(18-9-12-21-10-7-6-8-11-21)20-22-13-15-23(16-14-22)25-19-4-2;1-2-17-24-22-14-10-20(11-15-22)18-23(21-12-13-21)16-6-9-19-7-4-3-5-8-19;1-3-16-23(17-8-11-20-9-6-5-7-10-20)19-21-12-14-22(15-13-21)24-18-4-2;1-2-17-24-21-12-10-20(11-13-21)18-22(15-16-23)14-6-9-19-7-4-3-5-8-19/h4-15,20H,1,16-19H2,2-3H3;4,6-16H,2-3,5,17-20H2,1H3;2-11,14-15,21H,1,12-13,16-18H2;3-15H,1-2,16-19H2;2-13,23H,1,14-18H2/b11-8+;12-9+;9-6+;11-8+;9-6+. The van der Waals surface area contributed by atoms with Crippen molar-refractivity contribution < 1.29 is 28.8 Å². The fourth-order valence-electron chi connectivity index (χ4n) is 12.9. The van der Waals surface area contributed by atoms with E-state index >= 15 is 0 Å². The van der Waals surface area contributed by atoms with E-state index in [1.165, 1.54) is 81.3 Å². The van der Waals surface area contributed by atoms with Crippen molar-refractivity contribution in [2.24, 2.45) is 5.92 Å². The number of unbranched alkanes of at least 4 members (excludes halogenated alkanes) is 1. The lowest BCUT2D eigenvalue weighted by Gasteiger charge is -2.23. The Kier molecular flexibility index (Phi) is 48.9. The molecule has 10 aromatic carbocycles. The van der Waals surface area contributed by atoms with Crippen LogP contribution in [0.5, 0.6) is 28.7 Å². The number of nitrogens with zero attached hydrogens (tertiary/aromatic N) is 5. The Morgan fingerprint density at radius 1 is 0.311 bits per heavy atom. The van der Waals surface area contributed by atoms with Crippen molar-refractivity contribution in [2.45, 2.75) is 85.2 Å². The van der Waals surface area contributed by atoms with Gasteiger partial charge in [0.15, 0.2) is 0 Å². The second-order valence-electron chi connectivity index (χ2n) is 30.1. The Labute approximate surface area is 732 Å². The van der Waals surface area contributed by atoms with E-state index in [0.29, 0.717) is 45.5 Å². The lowest BCUT2D eigenvalue weighted by atomic mass is 10.1. The average Bonchev–Trinajstić information content (AvgIpc) is 1.71. The molecule has 0 spiro atoms. The summed E-state index contributed by atoms with van der Waals surface area (Å²) in [5.41, 5.74) is 12.6. The average molecular weight is 1630 g/mol. The smallest absolute Gasteiger partial charge is 0.119 e. The molecule has 1 aliphatic carbocycles. The van der Waals surface area contributed by atoms with Gasteiger partial charge in [0, 0.05) is 91.1 Å². The van der Waals surface area contributed by atoms with Crippen LogP contribution < -0.4 is 23.7 Å². The van der Waals surface area contributed by atoms with Crippen LogP contribution in [-0.2, 0) is 32.7 Å². The Morgan fingerprint density at radius 3 is 0.844 bits per heavy atom. The molecule has 122 heavy (non-hydrogen) atoms. The van der Waals surface area contributed by atoms with Crippen molar-refractivity contribution in [1.82, 2.24) is 24.5 Å². The first-order chi connectivity index (χ1) is 60.0. The van der Waals surface area contributed by atoms with E-state index in [1.807, 2.05) is 103 Å². The summed E-state index contributed by atoms with van der Waals surface area (Å²) in [6.07, 6.45) is 37.8. The second-order valence-corrected chi connectivity index (χ2v) is 30.1. The quantitative estimate of drug-likeness (QED) is 0.0370. The minimum Gasteiger partial charge on any atom is -0.490 e. The summed E-state index contributed by atoms with van der Waals surface area (Å²) in [7, 11) is 0. The van der Waals surface area contributed by atoms with Crippen LogP contribution in [0, 0.1) is 5.92 Å². The summed E-state index contributed by atoms with van der Waals surface area (Å²) in [6, 6.07) is 94.1. The van der Waals surface area contributed by atoms with Crippen molar-refractivity contribution in [3.63, 3.8) is 0 Å². The summed E-state index contributed by atoms with van der Waals surface area (Å²) in [4.78, 5) is 12.1. The zero-order chi connectivity index (χ0) is 86.3. The number of hydrogen-bond donors (Lipinski definition) is 1. The van der Waals surface area contributed by atoms with Gasteiger partial charge < -0.3 is 28.8 Å². The molecule has 10 aromatic rings. The highest BCUT2D eigenvalue weighted by Crippen LogP contribution is 2.29. The van der Waals surface area contributed by atoms with E-state index in [4.69, 9.17) is 23.7 Å². The molecular weight excluding hydrogens is 1500 g/mol. The number of benzene rings is 10. The highest BCUT2D eigenvalue weighted by atomic mass is 16.5. The summed E-state index contributed by atoms with van der Waals surface area (Å²) in [6.45, 7) is 44.6. The summed E-state index contributed by atoms with van der Waals surface area (Å²) >= 11 is 0. The normalized spacial score (nSPS) is 11.7. The Bertz CT molecular complexity index is 4570. The van der Waals surface area contributed by atoms with Crippen molar-refractivity contribution in [1.29, 1.82) is 0 Å². The van der Waals surface area contributed by atoms with Crippen LogP contribution in [0.1, 0.15) is 102 Å². The van der Waals surface area contributed by atoms with Crippen molar-refractivity contribution in [3.05, 3.63) is 435 Å². The van der Waals surface area contributed by atoms with Gasteiger partial charge in [0.05, 0.1) is 6.61 Å². The van der Waals surface area contributed by atoms with Gasteiger partial charge in [-0.25, -0.2) is 0 Å². The van der Waals surface area contributed by atoms with Crippen molar-refractivity contribution in [3.8, 4) is 28.7 Å². The van der Waals surface area contributed by atoms with E-state index in [-0.39, 0.29) is 6.61 Å². The van der Waals surface area contributed by atoms with Gasteiger partial charge in [-0.2, -0.15) is 0 Å². The van der Waals surface area contributed by atoms with E-state index in [1.54, 1.807) is 30.4 Å².